The van der Waals surface area contributed by atoms with Crippen LogP contribution < -0.4 is 5.43 Å². The van der Waals surface area contributed by atoms with Gasteiger partial charge >= 0.3 is 0 Å². The lowest BCUT2D eigenvalue weighted by Crippen LogP contribution is -2.45. The number of piperidine rings is 1. The van der Waals surface area contributed by atoms with E-state index in [1.54, 1.807) is 11.8 Å². The van der Waals surface area contributed by atoms with Crippen molar-refractivity contribution in [2.24, 2.45) is 4.99 Å². The molecule has 2 aliphatic heterocycles. The summed E-state index contributed by atoms with van der Waals surface area (Å²) < 4.78 is 0.986. The summed E-state index contributed by atoms with van der Waals surface area (Å²) in [6.07, 6.45) is 3.45. The maximum absolute atomic E-state index is 12.9. The largest absolute Gasteiger partial charge is 0.285 e. The minimum absolute atomic E-state index is 0.0938. The Kier molecular flexibility index (Phi) is 6.37. The number of aliphatic imine (C=N–C) groups is 1. The van der Waals surface area contributed by atoms with E-state index in [1.807, 2.05) is 59.6 Å². The Balaban J connectivity index is 1.56. The van der Waals surface area contributed by atoms with Crippen LogP contribution in [0.3, 0.4) is 0 Å². The van der Waals surface area contributed by atoms with Crippen molar-refractivity contribution in [3.8, 4) is 0 Å². The SMILES string of the molecule is O=C(NN1CCCCC1)c1ccc2c(c1)N=C(c1cccc(Br)c1)c1ccc(Cl)cc1S2. The van der Waals surface area contributed by atoms with Crippen LogP contribution in [0.15, 0.2) is 79.9 Å². The molecular formula is C25H21BrClN3OS. The molecule has 2 aliphatic rings. The minimum atomic E-state index is -0.0938. The first-order chi connectivity index (χ1) is 15.6. The number of carbonyl (C=O) groups excluding carboxylic acids is 1. The van der Waals surface area contributed by atoms with Gasteiger partial charge in [0.2, 0.25) is 0 Å². The van der Waals surface area contributed by atoms with Gasteiger partial charge in [0.15, 0.2) is 0 Å². The lowest BCUT2D eigenvalue weighted by molar-refractivity contribution is 0.0750. The van der Waals surface area contributed by atoms with Crippen LogP contribution >= 0.6 is 39.3 Å². The number of fused-ring (bicyclic) bond motifs is 2. The molecule has 0 atom stereocenters. The number of amides is 1. The molecule has 1 fully saturated rings. The molecule has 0 unspecified atom stereocenters. The van der Waals surface area contributed by atoms with Crippen molar-refractivity contribution < 1.29 is 4.79 Å². The molecule has 2 heterocycles. The Hall–Kier alpha value is -2.12. The predicted molar refractivity (Wildman–Crippen MR) is 134 cm³/mol. The number of benzene rings is 3. The summed E-state index contributed by atoms with van der Waals surface area (Å²) in [6.45, 7) is 1.79. The molecule has 1 saturated heterocycles. The number of halogens is 2. The smallest absolute Gasteiger partial charge is 0.265 e. The monoisotopic (exact) mass is 525 g/mol. The second kappa shape index (κ2) is 9.40. The van der Waals surface area contributed by atoms with E-state index in [2.05, 4.69) is 27.4 Å². The van der Waals surface area contributed by atoms with Crippen molar-refractivity contribution in [3.63, 3.8) is 0 Å². The first-order valence-corrected chi connectivity index (χ1v) is 12.6. The van der Waals surface area contributed by atoms with Gasteiger partial charge in [0.25, 0.3) is 5.91 Å². The quantitative estimate of drug-likeness (QED) is 0.317. The Morgan fingerprint density at radius 2 is 1.84 bits per heavy atom. The van der Waals surface area contributed by atoms with E-state index in [0.29, 0.717) is 10.6 Å². The van der Waals surface area contributed by atoms with Gasteiger partial charge in [-0.15, -0.1) is 0 Å². The topological polar surface area (TPSA) is 44.7 Å². The number of nitrogens with zero attached hydrogens (tertiary/aromatic N) is 2. The fourth-order valence-corrected chi connectivity index (χ4v) is 5.66. The highest BCUT2D eigenvalue weighted by atomic mass is 79.9. The van der Waals surface area contributed by atoms with Crippen LogP contribution in [-0.2, 0) is 0 Å². The molecular weight excluding hydrogens is 506 g/mol. The van der Waals surface area contributed by atoms with Crippen molar-refractivity contribution >= 4 is 56.6 Å². The normalized spacial score (nSPS) is 15.9. The summed E-state index contributed by atoms with van der Waals surface area (Å²) in [4.78, 5) is 20.0. The van der Waals surface area contributed by atoms with Crippen LogP contribution in [0, 0.1) is 0 Å². The summed E-state index contributed by atoms with van der Waals surface area (Å²) in [6, 6.07) is 19.7. The van der Waals surface area contributed by atoms with Crippen LogP contribution in [0.5, 0.6) is 0 Å². The van der Waals surface area contributed by atoms with Gasteiger partial charge < -0.3 is 0 Å². The maximum Gasteiger partial charge on any atom is 0.265 e. The van der Waals surface area contributed by atoms with Gasteiger partial charge in [-0.1, -0.05) is 63.9 Å². The van der Waals surface area contributed by atoms with Gasteiger partial charge in [-0.3, -0.25) is 10.2 Å². The number of rotatable bonds is 3. The van der Waals surface area contributed by atoms with Crippen LogP contribution in [0.2, 0.25) is 5.02 Å². The highest BCUT2D eigenvalue weighted by molar-refractivity contribution is 9.10. The van der Waals surface area contributed by atoms with Crippen LogP contribution in [0.25, 0.3) is 0 Å². The third-order valence-electron chi connectivity index (χ3n) is 5.59. The first-order valence-electron chi connectivity index (χ1n) is 10.6. The van der Waals surface area contributed by atoms with Crippen molar-refractivity contribution in [1.29, 1.82) is 0 Å². The fraction of sp³-hybridized carbons (Fsp3) is 0.200. The Morgan fingerprint density at radius 3 is 2.66 bits per heavy atom. The molecule has 7 heteroatoms. The van der Waals surface area contributed by atoms with Gasteiger partial charge in [-0.2, -0.15) is 0 Å². The van der Waals surface area contributed by atoms with Crippen molar-refractivity contribution in [3.05, 3.63) is 86.8 Å². The van der Waals surface area contributed by atoms with Gasteiger partial charge in [0, 0.05) is 49.1 Å². The molecule has 1 N–H and O–H groups in total. The number of nitrogens with one attached hydrogen (secondary N) is 1. The average Bonchev–Trinajstić information content (AvgIpc) is 2.95. The molecule has 3 aromatic rings. The number of carbonyl (C=O) groups is 1. The second-order valence-electron chi connectivity index (χ2n) is 7.88. The molecule has 0 bridgehead atoms. The standard InChI is InChI=1S/C25H21BrClN3OS/c26-18-6-4-5-16(13-18)24-20-9-8-19(27)15-23(20)32-22-10-7-17(14-21(22)28-24)25(31)29-30-11-2-1-3-12-30/h4-10,13-15H,1-3,11-12H2,(H,29,31). The second-order valence-corrected chi connectivity index (χ2v) is 10.3. The summed E-state index contributed by atoms with van der Waals surface area (Å²) in [5.74, 6) is -0.0938. The van der Waals surface area contributed by atoms with E-state index in [9.17, 15) is 4.79 Å². The number of hydrazine groups is 1. The summed E-state index contributed by atoms with van der Waals surface area (Å²) >= 11 is 11.5. The van der Waals surface area contributed by atoms with Gasteiger partial charge in [0.1, 0.15) is 0 Å². The van der Waals surface area contributed by atoms with E-state index in [-0.39, 0.29) is 5.91 Å². The Labute approximate surface area is 205 Å². The third-order valence-corrected chi connectivity index (χ3v) is 7.44. The van der Waals surface area contributed by atoms with Crippen LogP contribution in [-0.4, -0.2) is 29.7 Å². The van der Waals surface area contributed by atoms with Gasteiger partial charge in [-0.25, -0.2) is 10.0 Å². The van der Waals surface area contributed by atoms with Crippen LogP contribution in [0.1, 0.15) is 40.7 Å². The molecule has 5 rings (SSSR count). The van der Waals surface area contributed by atoms with E-state index in [4.69, 9.17) is 16.6 Å². The molecule has 0 aromatic heterocycles. The highest BCUT2D eigenvalue weighted by Crippen LogP contribution is 2.42. The molecule has 0 aliphatic carbocycles. The van der Waals surface area contributed by atoms with Crippen LogP contribution in [0.4, 0.5) is 5.69 Å². The highest BCUT2D eigenvalue weighted by Gasteiger charge is 2.21. The molecule has 3 aromatic carbocycles. The first kappa shape index (κ1) is 21.7. The van der Waals surface area contributed by atoms with E-state index in [0.717, 1.165) is 62.7 Å². The summed E-state index contributed by atoms with van der Waals surface area (Å²) in [5.41, 5.74) is 7.32. The summed E-state index contributed by atoms with van der Waals surface area (Å²) in [5, 5.41) is 2.70. The third kappa shape index (κ3) is 4.64. The zero-order valence-corrected chi connectivity index (χ0v) is 20.4. The number of hydrogen-bond donors (Lipinski definition) is 1. The average molecular weight is 527 g/mol. The van der Waals surface area contributed by atoms with E-state index < -0.39 is 0 Å². The molecule has 162 valence electrons. The zero-order chi connectivity index (χ0) is 22.1. The predicted octanol–water partition coefficient (Wildman–Crippen LogP) is 6.87. The summed E-state index contributed by atoms with van der Waals surface area (Å²) in [7, 11) is 0. The Morgan fingerprint density at radius 1 is 1.00 bits per heavy atom. The lowest BCUT2D eigenvalue weighted by atomic mass is 10.0. The van der Waals surface area contributed by atoms with Crippen molar-refractivity contribution in [2.45, 2.75) is 29.1 Å². The molecule has 0 saturated carbocycles. The van der Waals surface area contributed by atoms with Crippen molar-refractivity contribution in [2.75, 3.05) is 13.1 Å². The molecule has 32 heavy (non-hydrogen) atoms. The lowest BCUT2D eigenvalue weighted by Gasteiger charge is -2.26. The van der Waals surface area contributed by atoms with Gasteiger partial charge in [0.05, 0.1) is 11.4 Å². The van der Waals surface area contributed by atoms with Crippen molar-refractivity contribution in [1.82, 2.24) is 10.4 Å². The Bertz CT molecular complexity index is 1220. The molecule has 1 amide bonds. The minimum Gasteiger partial charge on any atom is -0.285 e. The molecule has 0 radical (unpaired) electrons. The van der Waals surface area contributed by atoms with Gasteiger partial charge in [-0.05, 0) is 55.3 Å². The van der Waals surface area contributed by atoms with E-state index in [1.165, 1.54) is 6.42 Å². The maximum atomic E-state index is 12.9. The van der Waals surface area contributed by atoms with E-state index >= 15 is 0 Å². The fourth-order valence-electron chi connectivity index (χ4n) is 3.98. The zero-order valence-electron chi connectivity index (χ0n) is 17.3. The molecule has 4 nitrogen and oxygen atoms in total. The number of hydrogen-bond acceptors (Lipinski definition) is 4. The molecule has 0 spiro atoms.